The van der Waals surface area contributed by atoms with Gasteiger partial charge in [-0.05, 0) is 29.2 Å². The number of nitrogens with one attached hydrogen (secondary N) is 1. The van der Waals surface area contributed by atoms with Crippen LogP contribution in [0, 0.1) is 0 Å². The molecule has 0 aliphatic heterocycles. The molecule has 1 aliphatic rings. The Morgan fingerprint density at radius 2 is 1.47 bits per heavy atom. The van der Waals surface area contributed by atoms with Crippen molar-refractivity contribution in [3.8, 4) is 11.1 Å². The normalized spacial score (nSPS) is 13.5. The Labute approximate surface area is 182 Å². The van der Waals surface area contributed by atoms with Crippen molar-refractivity contribution in [2.45, 2.75) is 25.9 Å². The van der Waals surface area contributed by atoms with Gasteiger partial charge in [-0.15, -0.1) is 0 Å². The minimum absolute atomic E-state index is 0.175. The number of fused-ring (bicyclic) bond motifs is 3. The Kier molecular flexibility index (Phi) is 6.67. The number of rotatable bonds is 6. The number of halogens is 3. The summed E-state index contributed by atoms with van der Waals surface area (Å²) in [6.07, 6.45) is -6.51. The first-order valence-corrected chi connectivity index (χ1v) is 9.76. The zero-order valence-corrected chi connectivity index (χ0v) is 17.3. The molecule has 0 saturated carbocycles. The molecule has 0 unspecified atom stereocenters. The number of esters is 1. The van der Waals surface area contributed by atoms with Crippen molar-refractivity contribution >= 4 is 17.8 Å². The highest BCUT2D eigenvalue weighted by atomic mass is 19.4. The van der Waals surface area contributed by atoms with Gasteiger partial charge in [-0.2, -0.15) is 13.2 Å². The lowest BCUT2D eigenvalue weighted by atomic mass is 9.98. The molecule has 0 bridgehead atoms. The number of carbonyl (C=O) groups excluding carboxylic acids is 3. The molecule has 1 N–H and O–H groups in total. The van der Waals surface area contributed by atoms with Crippen LogP contribution < -0.4 is 5.32 Å². The first-order valence-electron chi connectivity index (χ1n) is 9.76. The first-order chi connectivity index (χ1) is 15.1. The first kappa shape index (κ1) is 23.1. The fourth-order valence-electron chi connectivity index (χ4n) is 3.63. The van der Waals surface area contributed by atoms with E-state index >= 15 is 0 Å². The van der Waals surface area contributed by atoms with E-state index in [2.05, 4.69) is 4.74 Å². The zero-order valence-electron chi connectivity index (χ0n) is 17.3. The highest BCUT2D eigenvalue weighted by molar-refractivity contribution is 6.05. The molecule has 9 heteroatoms. The number of benzene rings is 2. The van der Waals surface area contributed by atoms with Crippen molar-refractivity contribution in [1.82, 2.24) is 5.32 Å². The van der Waals surface area contributed by atoms with Crippen LogP contribution in [0.15, 0.2) is 59.8 Å². The summed E-state index contributed by atoms with van der Waals surface area (Å²) < 4.78 is 49.8. The van der Waals surface area contributed by atoms with Crippen LogP contribution in [-0.2, 0) is 19.1 Å². The van der Waals surface area contributed by atoms with E-state index in [1.807, 2.05) is 48.5 Å². The molecule has 0 aromatic heterocycles. The molecule has 168 valence electrons. The topological polar surface area (TPSA) is 81.7 Å². The number of carbonyl (C=O) groups is 3. The Balaban J connectivity index is 1.83. The lowest BCUT2D eigenvalue weighted by Gasteiger charge is -2.17. The van der Waals surface area contributed by atoms with Crippen LogP contribution in [0.5, 0.6) is 0 Å². The van der Waals surface area contributed by atoms with Gasteiger partial charge in [0, 0.05) is 12.8 Å². The second kappa shape index (κ2) is 9.25. The highest BCUT2D eigenvalue weighted by Crippen LogP contribution is 2.44. The number of hydrogen-bond acceptors (Lipinski definition) is 5. The molecule has 0 radical (unpaired) electrons. The van der Waals surface area contributed by atoms with Crippen molar-refractivity contribution < 1.29 is 37.0 Å². The molecule has 32 heavy (non-hydrogen) atoms. The monoisotopic (exact) mass is 447 g/mol. The van der Waals surface area contributed by atoms with E-state index in [1.54, 1.807) is 5.32 Å². The number of alkyl carbamates (subject to hydrolysis) is 1. The third-order valence-corrected chi connectivity index (χ3v) is 4.94. The van der Waals surface area contributed by atoms with Crippen LogP contribution in [0.2, 0.25) is 0 Å². The van der Waals surface area contributed by atoms with E-state index < -0.39 is 35.3 Å². The van der Waals surface area contributed by atoms with Crippen molar-refractivity contribution in [2.24, 2.45) is 0 Å². The maximum atomic E-state index is 13.4. The van der Waals surface area contributed by atoms with Gasteiger partial charge in [0.1, 0.15) is 12.3 Å². The molecular formula is C23H20F3NO5. The zero-order chi connectivity index (χ0) is 23.5. The summed E-state index contributed by atoms with van der Waals surface area (Å²) in [5, 5.41) is 1.78. The van der Waals surface area contributed by atoms with Gasteiger partial charge >= 0.3 is 18.2 Å². The smallest absolute Gasteiger partial charge is 0.425 e. The Morgan fingerprint density at radius 3 is 1.94 bits per heavy atom. The third-order valence-electron chi connectivity index (χ3n) is 4.94. The highest BCUT2D eigenvalue weighted by Gasteiger charge is 2.44. The summed E-state index contributed by atoms with van der Waals surface area (Å²) in [4.78, 5) is 36.0. The van der Waals surface area contributed by atoms with Gasteiger partial charge in [0.15, 0.2) is 11.4 Å². The summed E-state index contributed by atoms with van der Waals surface area (Å²) in [5.41, 5.74) is 0.650. The van der Waals surface area contributed by atoms with Crippen LogP contribution in [0.3, 0.4) is 0 Å². The van der Waals surface area contributed by atoms with Crippen LogP contribution in [-0.4, -0.2) is 37.2 Å². The average molecular weight is 447 g/mol. The molecule has 0 heterocycles. The number of ether oxygens (including phenoxy) is 2. The van der Waals surface area contributed by atoms with E-state index in [0.29, 0.717) is 0 Å². The molecule has 0 fully saturated rings. The second-order valence-corrected chi connectivity index (χ2v) is 6.97. The lowest BCUT2D eigenvalue weighted by molar-refractivity contribution is -0.151. The van der Waals surface area contributed by atoms with Crippen LogP contribution in [0.25, 0.3) is 11.1 Å². The second-order valence-electron chi connectivity index (χ2n) is 6.97. The van der Waals surface area contributed by atoms with Gasteiger partial charge < -0.3 is 9.47 Å². The largest absolute Gasteiger partial charge is 0.462 e. The molecule has 1 amide bonds. The SMILES string of the molecule is CCOC(=O)/C(=C(/NC(=O)OCC1c2ccccc2-c2ccccc21)C(C)=O)C(F)(F)F. The molecule has 6 nitrogen and oxygen atoms in total. The lowest BCUT2D eigenvalue weighted by Crippen LogP contribution is -2.35. The Bertz CT molecular complexity index is 1050. The van der Waals surface area contributed by atoms with Gasteiger partial charge in [0.2, 0.25) is 0 Å². The van der Waals surface area contributed by atoms with E-state index in [9.17, 15) is 27.6 Å². The number of Topliss-reactive ketones (excluding diaryl/α,β-unsaturated/α-hetero) is 1. The number of alkyl halides is 3. The fraction of sp³-hybridized carbons (Fsp3) is 0.261. The van der Waals surface area contributed by atoms with E-state index in [4.69, 9.17) is 4.74 Å². The van der Waals surface area contributed by atoms with Crippen molar-refractivity contribution in [3.63, 3.8) is 0 Å². The molecule has 0 atom stereocenters. The summed E-state index contributed by atoms with van der Waals surface area (Å²) in [5.74, 6) is -3.26. The van der Waals surface area contributed by atoms with Gasteiger partial charge in [0.05, 0.1) is 6.61 Å². The summed E-state index contributed by atoms with van der Waals surface area (Å²) in [7, 11) is 0. The van der Waals surface area contributed by atoms with Crippen LogP contribution >= 0.6 is 0 Å². The minimum atomic E-state index is -5.22. The van der Waals surface area contributed by atoms with Gasteiger partial charge in [0.25, 0.3) is 0 Å². The number of amides is 1. The Morgan fingerprint density at radius 1 is 0.938 bits per heavy atom. The molecule has 2 aromatic rings. The van der Waals surface area contributed by atoms with Crippen LogP contribution in [0.4, 0.5) is 18.0 Å². The summed E-state index contributed by atoms with van der Waals surface area (Å²) >= 11 is 0. The van der Waals surface area contributed by atoms with Gasteiger partial charge in [-0.3, -0.25) is 10.1 Å². The molecule has 0 saturated heterocycles. The minimum Gasteiger partial charge on any atom is -0.462 e. The summed E-state index contributed by atoms with van der Waals surface area (Å²) in [6, 6.07) is 15.1. The third kappa shape index (κ3) is 4.66. The maximum absolute atomic E-state index is 13.4. The van der Waals surface area contributed by atoms with Gasteiger partial charge in [-0.25, -0.2) is 9.59 Å². The maximum Gasteiger partial charge on any atom is 0.425 e. The van der Waals surface area contributed by atoms with Crippen molar-refractivity contribution in [2.75, 3.05) is 13.2 Å². The molecular weight excluding hydrogens is 427 g/mol. The van der Waals surface area contributed by atoms with E-state index in [0.717, 1.165) is 29.2 Å². The van der Waals surface area contributed by atoms with Crippen LogP contribution in [0.1, 0.15) is 30.9 Å². The quantitative estimate of drug-likeness (QED) is 0.521. The summed E-state index contributed by atoms with van der Waals surface area (Å²) in [6.45, 7) is 1.60. The van der Waals surface area contributed by atoms with Crippen molar-refractivity contribution in [3.05, 3.63) is 70.9 Å². The predicted molar refractivity (Wildman–Crippen MR) is 109 cm³/mol. The molecule has 0 spiro atoms. The van der Waals surface area contributed by atoms with Gasteiger partial charge in [-0.1, -0.05) is 48.5 Å². The fourth-order valence-corrected chi connectivity index (χ4v) is 3.63. The predicted octanol–water partition coefficient (Wildman–Crippen LogP) is 4.49. The number of hydrogen-bond donors (Lipinski definition) is 1. The van der Waals surface area contributed by atoms with Crippen molar-refractivity contribution in [1.29, 1.82) is 0 Å². The average Bonchev–Trinajstić information content (AvgIpc) is 3.05. The standard InChI is InChI=1S/C23H20F3NO5/c1-3-31-21(29)19(23(24,25)26)20(13(2)28)27-22(30)32-12-18-16-10-6-4-8-14(16)15-9-5-7-11-17(15)18/h4-11,18H,3,12H2,1-2H3,(H,27,30)/b20-19-. The Hall–Kier alpha value is -3.62. The number of ketones is 1. The molecule has 1 aliphatic carbocycles. The molecule has 2 aromatic carbocycles. The van der Waals surface area contributed by atoms with E-state index in [-0.39, 0.29) is 19.1 Å². The number of allylic oxidation sites excluding steroid dienone is 1. The molecule has 3 rings (SSSR count). The van der Waals surface area contributed by atoms with E-state index in [1.165, 1.54) is 6.92 Å².